The van der Waals surface area contributed by atoms with Crippen LogP contribution in [0.3, 0.4) is 0 Å². The number of thiophene rings is 1. The van der Waals surface area contributed by atoms with Crippen LogP contribution in [0.2, 0.25) is 5.02 Å². The number of esters is 2. The van der Waals surface area contributed by atoms with E-state index in [1.807, 2.05) is 45.0 Å². The summed E-state index contributed by atoms with van der Waals surface area (Å²) in [7, 11) is 1.39. The predicted molar refractivity (Wildman–Crippen MR) is 117 cm³/mol. The second-order valence-corrected chi connectivity index (χ2v) is 9.33. The minimum absolute atomic E-state index is 0. The number of halogens is 2. The molecule has 0 fully saturated rings. The maximum absolute atomic E-state index is 12.5. The standard InChI is InChI=1S/C21H24ClNO4S.ClH/c1-21(2,3)20(25)27-17-11-13-12-23(10-9-16(13)28-17)18(19(24)26-4)14-7-5-6-8-15(14)22;/h5-8,11,18H,9-10,12H2,1-4H3;1H. The average Bonchev–Trinajstić information content (AvgIpc) is 3.04. The first-order valence-corrected chi connectivity index (χ1v) is 10.3. The van der Waals surface area contributed by atoms with Gasteiger partial charge in [0.2, 0.25) is 0 Å². The minimum atomic E-state index is -0.577. The van der Waals surface area contributed by atoms with Crippen molar-refractivity contribution in [3.8, 4) is 5.06 Å². The number of hydrogen-bond donors (Lipinski definition) is 0. The van der Waals surface area contributed by atoms with Crippen LogP contribution in [0.4, 0.5) is 0 Å². The lowest BCUT2D eigenvalue weighted by Crippen LogP contribution is -2.38. The van der Waals surface area contributed by atoms with E-state index in [-0.39, 0.29) is 24.3 Å². The van der Waals surface area contributed by atoms with Crippen LogP contribution in [0.25, 0.3) is 0 Å². The number of nitrogens with zero attached hydrogens (tertiary/aromatic N) is 1. The number of benzene rings is 1. The molecule has 5 nitrogen and oxygen atoms in total. The molecule has 8 heteroatoms. The number of hydrogen-bond acceptors (Lipinski definition) is 6. The van der Waals surface area contributed by atoms with Crippen LogP contribution in [-0.2, 0) is 27.3 Å². The molecule has 0 N–H and O–H groups in total. The van der Waals surface area contributed by atoms with Crippen molar-refractivity contribution >= 4 is 47.3 Å². The van der Waals surface area contributed by atoms with E-state index in [0.29, 0.717) is 23.2 Å². The Bertz CT molecular complexity index is 891. The fourth-order valence-electron chi connectivity index (χ4n) is 3.12. The SMILES string of the molecule is COC(=O)C(c1ccccc1Cl)N1CCc2sc(OC(=O)C(C)(C)C)cc2C1.Cl. The normalized spacial score (nSPS) is 15.1. The van der Waals surface area contributed by atoms with Gasteiger partial charge in [-0.05, 0) is 50.5 Å². The Morgan fingerprint density at radius 3 is 2.55 bits per heavy atom. The first-order chi connectivity index (χ1) is 13.2. The summed E-state index contributed by atoms with van der Waals surface area (Å²) in [5.74, 6) is -0.599. The molecule has 0 bridgehead atoms. The van der Waals surface area contributed by atoms with Gasteiger partial charge in [-0.2, -0.15) is 0 Å². The molecule has 1 aliphatic rings. The predicted octanol–water partition coefficient (Wildman–Crippen LogP) is 5.05. The van der Waals surface area contributed by atoms with Crippen molar-refractivity contribution < 1.29 is 19.1 Å². The molecule has 1 aliphatic heterocycles. The monoisotopic (exact) mass is 457 g/mol. The van der Waals surface area contributed by atoms with Crippen LogP contribution >= 0.6 is 35.3 Å². The van der Waals surface area contributed by atoms with Gasteiger partial charge in [-0.25, -0.2) is 4.79 Å². The Kier molecular flexibility index (Phi) is 7.74. The summed E-state index contributed by atoms with van der Waals surface area (Å²) < 4.78 is 10.6. The highest BCUT2D eigenvalue weighted by atomic mass is 35.5. The third-order valence-electron chi connectivity index (χ3n) is 4.67. The zero-order valence-electron chi connectivity index (χ0n) is 16.9. The topological polar surface area (TPSA) is 55.8 Å². The van der Waals surface area contributed by atoms with Gasteiger partial charge < -0.3 is 9.47 Å². The second kappa shape index (κ2) is 9.47. The second-order valence-electron chi connectivity index (χ2n) is 7.82. The molecule has 1 unspecified atom stereocenters. The zero-order chi connectivity index (χ0) is 20.5. The van der Waals surface area contributed by atoms with E-state index in [9.17, 15) is 9.59 Å². The van der Waals surface area contributed by atoms with Gasteiger partial charge >= 0.3 is 11.9 Å². The molecule has 0 spiro atoms. The molecule has 29 heavy (non-hydrogen) atoms. The van der Waals surface area contributed by atoms with Crippen molar-refractivity contribution in [3.05, 3.63) is 51.4 Å². The summed E-state index contributed by atoms with van der Waals surface area (Å²) in [6.45, 7) is 6.73. The van der Waals surface area contributed by atoms with Crippen molar-refractivity contribution in [2.24, 2.45) is 5.41 Å². The molecule has 1 atom stereocenters. The number of fused-ring (bicyclic) bond motifs is 1. The van der Waals surface area contributed by atoms with E-state index in [1.165, 1.54) is 23.3 Å². The van der Waals surface area contributed by atoms with E-state index < -0.39 is 11.5 Å². The Morgan fingerprint density at radius 2 is 1.93 bits per heavy atom. The van der Waals surface area contributed by atoms with E-state index in [0.717, 1.165) is 17.5 Å². The van der Waals surface area contributed by atoms with Gasteiger partial charge in [0, 0.05) is 23.0 Å². The summed E-state index contributed by atoms with van der Waals surface area (Å²) >= 11 is 7.85. The molecule has 2 heterocycles. The van der Waals surface area contributed by atoms with Crippen LogP contribution in [-0.4, -0.2) is 30.5 Å². The van der Waals surface area contributed by atoms with Crippen LogP contribution in [0.1, 0.15) is 42.8 Å². The molecule has 0 aliphatic carbocycles. The van der Waals surface area contributed by atoms with Gasteiger partial charge in [-0.15, -0.1) is 23.7 Å². The Balaban J connectivity index is 0.00000300. The van der Waals surface area contributed by atoms with E-state index >= 15 is 0 Å². The molecule has 158 valence electrons. The van der Waals surface area contributed by atoms with Gasteiger partial charge in [-0.3, -0.25) is 9.69 Å². The molecule has 1 aromatic carbocycles. The van der Waals surface area contributed by atoms with Crippen LogP contribution in [0.15, 0.2) is 30.3 Å². The number of carbonyl (C=O) groups excluding carboxylic acids is 2. The fraction of sp³-hybridized carbons (Fsp3) is 0.429. The first kappa shape index (κ1) is 23.7. The van der Waals surface area contributed by atoms with Crippen LogP contribution < -0.4 is 4.74 Å². The van der Waals surface area contributed by atoms with Gasteiger partial charge in [-0.1, -0.05) is 29.8 Å². The van der Waals surface area contributed by atoms with E-state index in [4.69, 9.17) is 21.1 Å². The quantitative estimate of drug-likeness (QED) is 0.601. The van der Waals surface area contributed by atoms with Crippen LogP contribution in [0.5, 0.6) is 5.06 Å². The molecule has 0 saturated carbocycles. The molecular weight excluding hydrogens is 433 g/mol. The van der Waals surface area contributed by atoms with E-state index in [2.05, 4.69) is 4.90 Å². The fourth-order valence-corrected chi connectivity index (χ4v) is 4.37. The Labute approximate surface area is 186 Å². The van der Waals surface area contributed by atoms with Crippen molar-refractivity contribution in [3.63, 3.8) is 0 Å². The molecule has 0 radical (unpaired) electrons. The molecular formula is C21H25Cl2NO4S. The molecule has 1 aromatic heterocycles. The molecule has 2 aromatic rings. The summed E-state index contributed by atoms with van der Waals surface area (Å²) in [4.78, 5) is 27.9. The summed E-state index contributed by atoms with van der Waals surface area (Å²) in [5, 5.41) is 1.13. The first-order valence-electron chi connectivity index (χ1n) is 9.11. The van der Waals surface area contributed by atoms with Crippen molar-refractivity contribution in [1.29, 1.82) is 0 Å². The summed E-state index contributed by atoms with van der Waals surface area (Å²) in [6.07, 6.45) is 0.769. The maximum Gasteiger partial charge on any atom is 0.327 e. The lowest BCUT2D eigenvalue weighted by molar-refractivity contribution is -0.147. The number of methoxy groups -OCH3 is 1. The largest absolute Gasteiger partial charge is 0.468 e. The minimum Gasteiger partial charge on any atom is -0.468 e. The average molecular weight is 458 g/mol. The Morgan fingerprint density at radius 1 is 1.24 bits per heavy atom. The highest BCUT2D eigenvalue weighted by molar-refractivity contribution is 7.14. The van der Waals surface area contributed by atoms with Crippen molar-refractivity contribution in [2.45, 2.75) is 39.8 Å². The molecule has 0 amide bonds. The smallest absolute Gasteiger partial charge is 0.327 e. The zero-order valence-corrected chi connectivity index (χ0v) is 19.2. The Hall–Kier alpha value is -1.60. The van der Waals surface area contributed by atoms with Crippen molar-refractivity contribution in [1.82, 2.24) is 4.90 Å². The number of rotatable bonds is 4. The number of ether oxygens (including phenoxy) is 2. The number of carbonyl (C=O) groups is 2. The lowest BCUT2D eigenvalue weighted by Gasteiger charge is -2.33. The highest BCUT2D eigenvalue weighted by Crippen LogP contribution is 2.38. The maximum atomic E-state index is 12.5. The highest BCUT2D eigenvalue weighted by Gasteiger charge is 2.34. The van der Waals surface area contributed by atoms with Gasteiger partial charge in [0.15, 0.2) is 5.06 Å². The van der Waals surface area contributed by atoms with Gasteiger partial charge in [0.05, 0.1) is 12.5 Å². The molecule has 0 saturated heterocycles. The van der Waals surface area contributed by atoms with Crippen LogP contribution in [0, 0.1) is 5.41 Å². The lowest BCUT2D eigenvalue weighted by atomic mass is 9.97. The van der Waals surface area contributed by atoms with E-state index in [1.54, 1.807) is 6.07 Å². The molecule has 3 rings (SSSR count). The van der Waals surface area contributed by atoms with Gasteiger partial charge in [0.1, 0.15) is 6.04 Å². The van der Waals surface area contributed by atoms with Crippen molar-refractivity contribution in [2.75, 3.05) is 13.7 Å². The third kappa shape index (κ3) is 5.31. The summed E-state index contributed by atoms with van der Waals surface area (Å²) in [5.41, 5.74) is 1.24. The van der Waals surface area contributed by atoms with Gasteiger partial charge in [0.25, 0.3) is 0 Å². The third-order valence-corrected chi connectivity index (χ3v) is 6.13. The summed E-state index contributed by atoms with van der Waals surface area (Å²) in [6, 6.07) is 8.65.